The van der Waals surface area contributed by atoms with Gasteiger partial charge < -0.3 is 14.9 Å². The smallest absolute Gasteiger partial charge is 0.309 e. The van der Waals surface area contributed by atoms with Crippen molar-refractivity contribution in [3.05, 3.63) is 27.7 Å². The molecule has 6 heteroatoms. The molecular formula is C13H16Cl2O4. The Morgan fingerprint density at radius 3 is 2.42 bits per heavy atom. The van der Waals surface area contributed by atoms with Crippen LogP contribution in [0.2, 0.25) is 10.0 Å². The van der Waals surface area contributed by atoms with E-state index >= 15 is 0 Å². The number of methoxy groups -OCH3 is 1. The Bertz CT molecular complexity index is 486. The van der Waals surface area contributed by atoms with Gasteiger partial charge in [0.15, 0.2) is 0 Å². The maximum atomic E-state index is 11.0. The van der Waals surface area contributed by atoms with Crippen LogP contribution in [0.1, 0.15) is 31.9 Å². The molecule has 0 aromatic heterocycles. The Morgan fingerprint density at radius 2 is 1.95 bits per heavy atom. The second-order valence-corrected chi connectivity index (χ2v) is 5.73. The van der Waals surface area contributed by atoms with Crippen LogP contribution in [0.25, 0.3) is 0 Å². The third-order valence-electron chi connectivity index (χ3n) is 2.91. The van der Waals surface area contributed by atoms with Gasteiger partial charge in [-0.1, -0.05) is 23.2 Å². The highest BCUT2D eigenvalue weighted by Gasteiger charge is 2.31. The number of hydrogen-bond donors (Lipinski definition) is 2. The maximum absolute atomic E-state index is 11.0. The van der Waals surface area contributed by atoms with E-state index in [1.165, 1.54) is 33.1 Å². The molecule has 0 saturated heterocycles. The lowest BCUT2D eigenvalue weighted by atomic mass is 9.85. The summed E-state index contributed by atoms with van der Waals surface area (Å²) < 4.78 is 5.01. The summed E-state index contributed by atoms with van der Waals surface area (Å²) in [5.41, 5.74) is -0.670. The minimum Gasteiger partial charge on any atom is -0.495 e. The van der Waals surface area contributed by atoms with Gasteiger partial charge in [-0.05, 0) is 26.3 Å². The van der Waals surface area contributed by atoms with Crippen molar-refractivity contribution in [3.8, 4) is 5.75 Å². The van der Waals surface area contributed by atoms with Crippen molar-refractivity contribution in [1.29, 1.82) is 0 Å². The number of ether oxygens (including phenoxy) is 1. The molecule has 0 aliphatic rings. The Balaban J connectivity index is 3.04. The number of aliphatic carboxylic acids is 1. The summed E-state index contributed by atoms with van der Waals surface area (Å²) in [5, 5.41) is 19.8. The van der Waals surface area contributed by atoms with Crippen LogP contribution in [0.3, 0.4) is 0 Å². The van der Waals surface area contributed by atoms with Crippen molar-refractivity contribution in [2.45, 2.75) is 26.4 Å². The number of halogens is 2. The Hall–Kier alpha value is -0.970. The summed E-state index contributed by atoms with van der Waals surface area (Å²) in [7, 11) is 1.46. The number of benzene rings is 1. The van der Waals surface area contributed by atoms with Gasteiger partial charge in [0.2, 0.25) is 0 Å². The molecule has 0 fully saturated rings. The molecule has 0 bridgehead atoms. The summed E-state index contributed by atoms with van der Waals surface area (Å²) in [6.07, 6.45) is -0.980. The fourth-order valence-electron chi connectivity index (χ4n) is 1.64. The van der Waals surface area contributed by atoms with Crippen LogP contribution < -0.4 is 4.74 Å². The Kier molecular flexibility index (Phi) is 5.07. The van der Waals surface area contributed by atoms with Crippen LogP contribution in [0.4, 0.5) is 0 Å². The van der Waals surface area contributed by atoms with Crippen molar-refractivity contribution in [2.24, 2.45) is 5.41 Å². The van der Waals surface area contributed by atoms with E-state index < -0.39 is 17.5 Å². The predicted molar refractivity (Wildman–Crippen MR) is 74.0 cm³/mol. The molecule has 0 heterocycles. The van der Waals surface area contributed by atoms with Crippen molar-refractivity contribution >= 4 is 29.2 Å². The first-order chi connectivity index (χ1) is 8.69. The summed E-state index contributed by atoms with van der Waals surface area (Å²) >= 11 is 12.0. The third-order valence-corrected chi connectivity index (χ3v) is 3.54. The zero-order chi connectivity index (χ0) is 14.8. The number of hydrogen-bond acceptors (Lipinski definition) is 3. The van der Waals surface area contributed by atoms with Gasteiger partial charge in [0, 0.05) is 11.6 Å². The lowest BCUT2D eigenvalue weighted by Crippen LogP contribution is -2.26. The van der Waals surface area contributed by atoms with Crippen LogP contribution >= 0.6 is 23.2 Å². The third kappa shape index (κ3) is 3.75. The first-order valence-corrected chi connectivity index (χ1v) is 6.39. The van der Waals surface area contributed by atoms with Gasteiger partial charge in [0.1, 0.15) is 5.75 Å². The molecule has 0 aliphatic heterocycles. The molecule has 1 atom stereocenters. The largest absolute Gasteiger partial charge is 0.495 e. The van der Waals surface area contributed by atoms with E-state index in [-0.39, 0.29) is 11.4 Å². The number of rotatable bonds is 5. The second kappa shape index (κ2) is 5.99. The first kappa shape index (κ1) is 16.1. The molecule has 0 radical (unpaired) electrons. The Labute approximate surface area is 121 Å². The average molecular weight is 307 g/mol. The number of aliphatic hydroxyl groups excluding tert-OH is 1. The lowest BCUT2D eigenvalue weighted by molar-refractivity contribution is -0.148. The van der Waals surface area contributed by atoms with E-state index in [0.717, 1.165) is 0 Å². The van der Waals surface area contributed by atoms with Gasteiger partial charge >= 0.3 is 5.97 Å². The van der Waals surface area contributed by atoms with Crippen molar-refractivity contribution in [3.63, 3.8) is 0 Å². The molecule has 1 unspecified atom stereocenters. The molecule has 0 aliphatic carbocycles. The highest BCUT2D eigenvalue weighted by molar-refractivity contribution is 6.34. The molecule has 4 nitrogen and oxygen atoms in total. The minimum atomic E-state index is -1.06. The topological polar surface area (TPSA) is 66.8 Å². The summed E-state index contributed by atoms with van der Waals surface area (Å²) in [6, 6.07) is 2.99. The molecule has 0 amide bonds. The molecular weight excluding hydrogens is 291 g/mol. The van der Waals surface area contributed by atoms with E-state index in [0.29, 0.717) is 16.3 Å². The zero-order valence-corrected chi connectivity index (χ0v) is 12.4. The van der Waals surface area contributed by atoms with Gasteiger partial charge in [-0.3, -0.25) is 4.79 Å². The van der Waals surface area contributed by atoms with Crippen LogP contribution in [-0.4, -0.2) is 23.3 Å². The normalized spacial score (nSPS) is 13.2. The van der Waals surface area contributed by atoms with Gasteiger partial charge in [-0.15, -0.1) is 0 Å². The second-order valence-electron chi connectivity index (χ2n) is 4.92. The SMILES string of the molecule is COc1cc(Cl)c(C(O)CC(C)(C)C(=O)O)cc1Cl. The fraction of sp³-hybridized carbons (Fsp3) is 0.462. The zero-order valence-electron chi connectivity index (χ0n) is 10.9. The number of carboxylic acids is 1. The van der Waals surface area contributed by atoms with Gasteiger partial charge in [0.05, 0.1) is 28.7 Å². The van der Waals surface area contributed by atoms with Crippen LogP contribution in [-0.2, 0) is 4.79 Å². The minimum absolute atomic E-state index is 0.0325. The van der Waals surface area contributed by atoms with Gasteiger partial charge in [-0.2, -0.15) is 0 Å². The summed E-state index contributed by atoms with van der Waals surface area (Å²) in [5.74, 6) is -0.581. The van der Waals surface area contributed by atoms with Crippen LogP contribution in [0.5, 0.6) is 5.75 Å². The average Bonchev–Trinajstić information content (AvgIpc) is 2.30. The standard InChI is InChI=1S/C13H16Cl2O4/c1-13(2,12(17)18)6-10(16)7-4-9(15)11(19-3)5-8(7)14/h4-5,10,16H,6H2,1-3H3,(H,17,18). The van der Waals surface area contributed by atoms with Crippen molar-refractivity contribution in [1.82, 2.24) is 0 Å². The highest BCUT2D eigenvalue weighted by atomic mass is 35.5. The molecule has 19 heavy (non-hydrogen) atoms. The van der Waals surface area contributed by atoms with Gasteiger partial charge in [0.25, 0.3) is 0 Å². The predicted octanol–water partition coefficient (Wildman–Crippen LogP) is 3.54. The lowest BCUT2D eigenvalue weighted by Gasteiger charge is -2.23. The van der Waals surface area contributed by atoms with Crippen LogP contribution in [0.15, 0.2) is 12.1 Å². The number of carbonyl (C=O) groups is 1. The summed E-state index contributed by atoms with van der Waals surface area (Å²) in [4.78, 5) is 11.0. The van der Waals surface area contributed by atoms with E-state index in [2.05, 4.69) is 0 Å². The van der Waals surface area contributed by atoms with E-state index in [9.17, 15) is 9.90 Å². The van der Waals surface area contributed by atoms with Crippen LogP contribution in [0, 0.1) is 5.41 Å². The maximum Gasteiger partial charge on any atom is 0.309 e. The number of aliphatic hydroxyl groups is 1. The summed E-state index contributed by atoms with van der Waals surface area (Å²) in [6.45, 7) is 3.08. The monoisotopic (exact) mass is 306 g/mol. The molecule has 0 saturated carbocycles. The Morgan fingerprint density at radius 1 is 1.37 bits per heavy atom. The van der Waals surface area contributed by atoms with E-state index in [1.807, 2.05) is 0 Å². The molecule has 1 aromatic carbocycles. The first-order valence-electron chi connectivity index (χ1n) is 5.63. The molecule has 1 rings (SSSR count). The van der Waals surface area contributed by atoms with E-state index in [1.54, 1.807) is 0 Å². The number of carboxylic acid groups (broad SMARTS) is 1. The molecule has 106 valence electrons. The van der Waals surface area contributed by atoms with Crippen molar-refractivity contribution < 1.29 is 19.7 Å². The fourth-order valence-corrected chi connectivity index (χ4v) is 2.17. The van der Waals surface area contributed by atoms with E-state index in [4.69, 9.17) is 33.0 Å². The quantitative estimate of drug-likeness (QED) is 0.873. The molecule has 1 aromatic rings. The van der Waals surface area contributed by atoms with Gasteiger partial charge in [-0.25, -0.2) is 0 Å². The highest BCUT2D eigenvalue weighted by Crippen LogP contribution is 2.38. The van der Waals surface area contributed by atoms with Crippen molar-refractivity contribution in [2.75, 3.05) is 7.11 Å². The molecule has 0 spiro atoms. The molecule has 2 N–H and O–H groups in total.